The van der Waals surface area contributed by atoms with E-state index in [1.165, 1.54) is 0 Å². The molecule has 0 saturated carbocycles. The molecule has 5 rings (SSSR count). The fraction of sp³-hybridized carbons (Fsp3) is 0.400. The SMILES string of the molecule is COc1cc(C(=O)NC2CCN(C)CC2)ccc1Nc1ncc2c(n1)N(Cc1ccccc1)CC(C)C(=O)N2C. The summed E-state index contributed by atoms with van der Waals surface area (Å²) in [6.07, 6.45) is 3.56. The number of carbonyl (C=O) groups excluding carboxylic acids is 2. The molecule has 2 N–H and O–H groups in total. The second kappa shape index (κ2) is 11.9. The Morgan fingerprint density at radius 2 is 1.85 bits per heavy atom. The number of likely N-dealkylation sites (tertiary alicyclic amines) is 1. The van der Waals surface area contributed by atoms with Crippen molar-refractivity contribution in [2.75, 3.05) is 56.0 Å². The molecule has 1 aromatic heterocycles. The van der Waals surface area contributed by atoms with Crippen LogP contribution in [0.1, 0.15) is 35.7 Å². The molecule has 0 bridgehead atoms. The predicted molar refractivity (Wildman–Crippen MR) is 156 cm³/mol. The minimum absolute atomic E-state index is 0.0249. The maximum absolute atomic E-state index is 13.0. The summed E-state index contributed by atoms with van der Waals surface area (Å²) in [6, 6.07) is 15.6. The van der Waals surface area contributed by atoms with Crippen LogP contribution in [0.2, 0.25) is 0 Å². The Morgan fingerprint density at radius 1 is 1.10 bits per heavy atom. The highest BCUT2D eigenvalue weighted by Gasteiger charge is 2.31. The average Bonchev–Trinajstić information content (AvgIpc) is 3.05. The third kappa shape index (κ3) is 6.02. The van der Waals surface area contributed by atoms with E-state index in [1.54, 1.807) is 43.5 Å². The lowest BCUT2D eigenvalue weighted by atomic mass is 10.0. The van der Waals surface area contributed by atoms with Gasteiger partial charge in [0.05, 0.1) is 24.9 Å². The van der Waals surface area contributed by atoms with E-state index in [-0.39, 0.29) is 23.8 Å². The lowest BCUT2D eigenvalue weighted by Gasteiger charge is -2.29. The standard InChI is InChI=1S/C30H37N7O3/c1-20-18-37(19-21-8-6-5-7-9-21)27-25(36(3)29(20)39)17-31-30(34-27)33-24-11-10-22(16-26(24)40-4)28(38)32-23-12-14-35(2)15-13-23/h5-11,16-17,20,23H,12-15,18-19H2,1-4H3,(H,32,38)(H,31,33,34). The van der Waals surface area contributed by atoms with Gasteiger partial charge in [-0.2, -0.15) is 4.98 Å². The number of benzene rings is 2. The number of methoxy groups -OCH3 is 1. The second-order valence-electron chi connectivity index (χ2n) is 10.7. The summed E-state index contributed by atoms with van der Waals surface area (Å²) in [7, 11) is 5.43. The van der Waals surface area contributed by atoms with Crippen LogP contribution >= 0.6 is 0 Å². The first kappa shape index (κ1) is 27.4. The highest BCUT2D eigenvalue weighted by atomic mass is 16.5. The van der Waals surface area contributed by atoms with Gasteiger partial charge in [-0.15, -0.1) is 0 Å². The Balaban J connectivity index is 1.38. The van der Waals surface area contributed by atoms with E-state index < -0.39 is 0 Å². The van der Waals surface area contributed by atoms with Gasteiger partial charge >= 0.3 is 0 Å². The summed E-state index contributed by atoms with van der Waals surface area (Å²) in [5.41, 5.74) is 2.96. The van der Waals surface area contributed by atoms with Crippen molar-refractivity contribution in [2.45, 2.75) is 32.4 Å². The predicted octanol–water partition coefficient (Wildman–Crippen LogP) is 3.67. The van der Waals surface area contributed by atoms with Crippen molar-refractivity contribution >= 4 is 35.0 Å². The summed E-state index contributed by atoms with van der Waals surface area (Å²) in [6.45, 7) is 5.03. The first-order valence-corrected chi connectivity index (χ1v) is 13.7. The molecule has 3 heterocycles. The molecule has 10 nitrogen and oxygen atoms in total. The molecule has 1 fully saturated rings. The summed E-state index contributed by atoms with van der Waals surface area (Å²) < 4.78 is 5.62. The van der Waals surface area contributed by atoms with Gasteiger partial charge in [-0.05, 0) is 56.7 Å². The Labute approximate surface area is 235 Å². The Bertz CT molecular complexity index is 1360. The molecule has 2 aromatic carbocycles. The number of fused-ring (bicyclic) bond motifs is 1. The number of nitrogens with one attached hydrogen (secondary N) is 2. The molecule has 0 spiro atoms. The fourth-order valence-corrected chi connectivity index (χ4v) is 5.26. The van der Waals surface area contributed by atoms with Crippen LogP contribution in [-0.4, -0.2) is 73.6 Å². The molecule has 210 valence electrons. The number of ether oxygens (including phenoxy) is 1. The summed E-state index contributed by atoms with van der Waals surface area (Å²) in [4.78, 5) is 41.3. The normalized spacial score (nSPS) is 18.2. The smallest absolute Gasteiger partial charge is 0.251 e. The van der Waals surface area contributed by atoms with E-state index in [4.69, 9.17) is 9.72 Å². The van der Waals surface area contributed by atoms with Gasteiger partial charge in [0.2, 0.25) is 11.9 Å². The van der Waals surface area contributed by atoms with E-state index in [9.17, 15) is 9.59 Å². The highest BCUT2D eigenvalue weighted by molar-refractivity contribution is 5.99. The summed E-state index contributed by atoms with van der Waals surface area (Å²) in [5, 5.41) is 6.40. The van der Waals surface area contributed by atoms with Gasteiger partial charge in [0.1, 0.15) is 11.4 Å². The number of piperidine rings is 1. The van der Waals surface area contributed by atoms with Crippen LogP contribution in [-0.2, 0) is 11.3 Å². The number of aromatic nitrogens is 2. The molecule has 40 heavy (non-hydrogen) atoms. The third-order valence-corrected chi connectivity index (χ3v) is 7.64. The molecule has 0 aliphatic carbocycles. The van der Waals surface area contributed by atoms with Gasteiger partial charge < -0.3 is 30.1 Å². The van der Waals surface area contributed by atoms with Gasteiger partial charge in [0.15, 0.2) is 5.82 Å². The van der Waals surface area contributed by atoms with E-state index in [0.717, 1.165) is 31.5 Å². The maximum Gasteiger partial charge on any atom is 0.251 e. The number of hydrogen-bond donors (Lipinski definition) is 2. The molecule has 10 heteroatoms. The zero-order valence-corrected chi connectivity index (χ0v) is 23.6. The van der Waals surface area contributed by atoms with Crippen molar-refractivity contribution in [3.8, 4) is 5.75 Å². The van der Waals surface area contributed by atoms with Crippen LogP contribution in [0.3, 0.4) is 0 Å². The zero-order chi connectivity index (χ0) is 28.2. The molecule has 1 unspecified atom stereocenters. The Morgan fingerprint density at radius 3 is 2.58 bits per heavy atom. The minimum atomic E-state index is -0.201. The van der Waals surface area contributed by atoms with E-state index in [2.05, 4.69) is 44.6 Å². The van der Waals surface area contributed by atoms with Gasteiger partial charge in [0.25, 0.3) is 5.91 Å². The van der Waals surface area contributed by atoms with Crippen molar-refractivity contribution in [3.05, 3.63) is 65.9 Å². The molecule has 1 saturated heterocycles. The highest BCUT2D eigenvalue weighted by Crippen LogP contribution is 2.34. The number of nitrogens with zero attached hydrogens (tertiary/aromatic N) is 5. The fourth-order valence-electron chi connectivity index (χ4n) is 5.26. The van der Waals surface area contributed by atoms with Crippen molar-refractivity contribution in [1.82, 2.24) is 20.2 Å². The molecule has 2 aliphatic rings. The molecule has 2 aliphatic heterocycles. The Hall–Kier alpha value is -4.18. The van der Waals surface area contributed by atoms with Crippen LogP contribution in [0.5, 0.6) is 5.75 Å². The van der Waals surface area contributed by atoms with Gasteiger partial charge in [-0.1, -0.05) is 37.3 Å². The van der Waals surface area contributed by atoms with Crippen molar-refractivity contribution in [2.24, 2.45) is 5.92 Å². The molecular formula is C30H37N7O3. The molecule has 0 radical (unpaired) electrons. The number of carbonyl (C=O) groups is 2. The van der Waals surface area contributed by atoms with Crippen molar-refractivity contribution in [3.63, 3.8) is 0 Å². The lowest BCUT2D eigenvalue weighted by Crippen LogP contribution is -2.43. The second-order valence-corrected chi connectivity index (χ2v) is 10.7. The van der Waals surface area contributed by atoms with Crippen LogP contribution in [0.15, 0.2) is 54.7 Å². The first-order chi connectivity index (χ1) is 19.3. The molecule has 2 amide bonds. The van der Waals surface area contributed by atoms with E-state index >= 15 is 0 Å². The van der Waals surface area contributed by atoms with Crippen molar-refractivity contribution < 1.29 is 14.3 Å². The monoisotopic (exact) mass is 543 g/mol. The van der Waals surface area contributed by atoms with Crippen LogP contribution in [0.25, 0.3) is 0 Å². The van der Waals surface area contributed by atoms with Gasteiger partial charge in [0, 0.05) is 31.7 Å². The van der Waals surface area contributed by atoms with Crippen LogP contribution in [0, 0.1) is 5.92 Å². The van der Waals surface area contributed by atoms with Crippen LogP contribution < -0.4 is 25.2 Å². The van der Waals surface area contributed by atoms with E-state index in [0.29, 0.717) is 47.5 Å². The number of amides is 2. The van der Waals surface area contributed by atoms with Gasteiger partial charge in [-0.25, -0.2) is 4.98 Å². The van der Waals surface area contributed by atoms with Gasteiger partial charge in [-0.3, -0.25) is 9.59 Å². The lowest BCUT2D eigenvalue weighted by molar-refractivity contribution is -0.121. The average molecular weight is 544 g/mol. The first-order valence-electron chi connectivity index (χ1n) is 13.7. The quantitative estimate of drug-likeness (QED) is 0.465. The van der Waals surface area contributed by atoms with Crippen molar-refractivity contribution in [1.29, 1.82) is 0 Å². The molecule has 1 atom stereocenters. The van der Waals surface area contributed by atoms with E-state index in [1.807, 2.05) is 25.1 Å². The summed E-state index contributed by atoms with van der Waals surface area (Å²) in [5.74, 6) is 1.27. The zero-order valence-electron chi connectivity index (χ0n) is 23.6. The molecular weight excluding hydrogens is 506 g/mol. The maximum atomic E-state index is 13.0. The largest absolute Gasteiger partial charge is 0.495 e. The number of hydrogen-bond acceptors (Lipinski definition) is 8. The molecule has 3 aromatic rings. The Kier molecular flexibility index (Phi) is 8.16. The van der Waals surface area contributed by atoms with Crippen LogP contribution in [0.4, 0.5) is 23.1 Å². The number of rotatable bonds is 7. The third-order valence-electron chi connectivity index (χ3n) is 7.64. The summed E-state index contributed by atoms with van der Waals surface area (Å²) >= 11 is 0. The minimum Gasteiger partial charge on any atom is -0.495 e. The topological polar surface area (TPSA) is 103 Å². The number of anilines is 4.